The third-order valence-electron chi connectivity index (χ3n) is 4.39. The molecule has 0 spiro atoms. The van der Waals surface area contributed by atoms with Crippen molar-refractivity contribution in [3.05, 3.63) is 78.2 Å². The number of aryl methyl sites for hydroxylation is 1. The van der Waals surface area contributed by atoms with E-state index in [9.17, 15) is 0 Å². The quantitative estimate of drug-likeness (QED) is 0.437. The molecule has 7 nitrogen and oxygen atoms in total. The Morgan fingerprint density at radius 3 is 2.79 bits per heavy atom. The van der Waals surface area contributed by atoms with Crippen molar-refractivity contribution < 1.29 is 0 Å². The minimum atomic E-state index is 0.126. The number of hydrogen-bond donors (Lipinski definition) is 0. The van der Waals surface area contributed by atoms with E-state index < -0.39 is 0 Å². The fourth-order valence-electron chi connectivity index (χ4n) is 3.10. The Kier molecular flexibility index (Phi) is 3.87. The van der Waals surface area contributed by atoms with Crippen molar-refractivity contribution >= 4 is 22.8 Å². The molecule has 136 valence electrons. The molecular weight excluding hydrogens is 374 g/mol. The summed E-state index contributed by atoms with van der Waals surface area (Å²) in [6.07, 6.45) is 6.98. The molecule has 0 fully saturated rings. The van der Waals surface area contributed by atoms with Crippen molar-refractivity contribution in [3.63, 3.8) is 0 Å². The summed E-state index contributed by atoms with van der Waals surface area (Å²) >= 11 is 6.21. The molecule has 5 aromatic rings. The van der Waals surface area contributed by atoms with E-state index in [0.29, 0.717) is 17.0 Å². The van der Waals surface area contributed by atoms with Gasteiger partial charge in [0.15, 0.2) is 17.0 Å². The molecule has 5 rings (SSSR count). The van der Waals surface area contributed by atoms with Crippen molar-refractivity contribution in [2.24, 2.45) is 0 Å². The lowest BCUT2D eigenvalue weighted by Crippen LogP contribution is -2.03. The molecule has 0 unspecified atom stereocenters. The SMILES string of the molecule is Cc1cccc(-c2ccn(-c3nc(Cl)nc4c3ncn4-c3cccnc3)n2)c1. The van der Waals surface area contributed by atoms with Gasteiger partial charge in [0, 0.05) is 18.0 Å². The first-order valence-electron chi connectivity index (χ1n) is 8.63. The van der Waals surface area contributed by atoms with Crippen molar-refractivity contribution in [1.29, 1.82) is 0 Å². The summed E-state index contributed by atoms with van der Waals surface area (Å²) in [7, 11) is 0. The van der Waals surface area contributed by atoms with Crippen LogP contribution in [0.3, 0.4) is 0 Å². The predicted molar refractivity (Wildman–Crippen MR) is 107 cm³/mol. The van der Waals surface area contributed by atoms with E-state index in [2.05, 4.69) is 44.1 Å². The van der Waals surface area contributed by atoms with Gasteiger partial charge in [0.05, 0.1) is 17.6 Å². The number of hydrogen-bond acceptors (Lipinski definition) is 5. The predicted octanol–water partition coefficient (Wildman–Crippen LogP) is 4.03. The Hall–Kier alpha value is -3.58. The first kappa shape index (κ1) is 16.6. The van der Waals surface area contributed by atoms with Crippen LogP contribution in [0, 0.1) is 6.92 Å². The average Bonchev–Trinajstić information content (AvgIpc) is 3.35. The molecule has 0 bridgehead atoms. The zero-order valence-corrected chi connectivity index (χ0v) is 15.6. The van der Waals surface area contributed by atoms with Crippen LogP contribution in [0.5, 0.6) is 0 Å². The number of benzene rings is 1. The summed E-state index contributed by atoms with van der Waals surface area (Å²) < 4.78 is 3.50. The number of halogens is 1. The molecule has 0 aliphatic heterocycles. The Morgan fingerprint density at radius 2 is 1.96 bits per heavy atom. The van der Waals surface area contributed by atoms with E-state index >= 15 is 0 Å². The van der Waals surface area contributed by atoms with Crippen LogP contribution in [0.15, 0.2) is 67.4 Å². The van der Waals surface area contributed by atoms with Crippen LogP contribution in [0.2, 0.25) is 5.28 Å². The second kappa shape index (κ2) is 6.54. The standard InChI is InChI=1S/C20H14ClN7/c1-13-4-2-5-14(10-13)16-7-9-28(26-16)19-17-18(24-20(21)25-19)27(12-23-17)15-6-3-8-22-11-15/h2-12H,1H3. The summed E-state index contributed by atoms with van der Waals surface area (Å²) in [4.78, 5) is 17.4. The van der Waals surface area contributed by atoms with Crippen LogP contribution in [0.25, 0.3) is 33.9 Å². The number of aromatic nitrogens is 7. The highest BCUT2D eigenvalue weighted by Gasteiger charge is 2.16. The summed E-state index contributed by atoms with van der Waals surface area (Å²) in [5.74, 6) is 0.525. The number of imidazole rings is 1. The molecule has 4 aromatic heterocycles. The summed E-state index contributed by atoms with van der Waals surface area (Å²) in [5.41, 5.74) is 5.10. The molecular formula is C20H14ClN7. The molecule has 4 heterocycles. The molecule has 0 saturated carbocycles. The minimum Gasteiger partial charge on any atom is -0.282 e. The number of rotatable bonds is 3. The van der Waals surface area contributed by atoms with Gasteiger partial charge in [-0.25, -0.2) is 9.67 Å². The maximum atomic E-state index is 6.21. The summed E-state index contributed by atoms with van der Waals surface area (Å²) in [6.45, 7) is 2.05. The largest absolute Gasteiger partial charge is 0.282 e. The summed E-state index contributed by atoms with van der Waals surface area (Å²) in [6, 6.07) is 13.9. The molecule has 0 aliphatic rings. The highest BCUT2D eigenvalue weighted by molar-refractivity contribution is 6.28. The van der Waals surface area contributed by atoms with Crippen LogP contribution in [0.1, 0.15) is 5.56 Å². The smallest absolute Gasteiger partial charge is 0.226 e. The van der Waals surface area contributed by atoms with Crippen molar-refractivity contribution in [3.8, 4) is 22.8 Å². The second-order valence-corrected chi connectivity index (χ2v) is 6.67. The number of pyridine rings is 1. The lowest BCUT2D eigenvalue weighted by molar-refractivity contribution is 0.851. The van der Waals surface area contributed by atoms with Gasteiger partial charge in [0.2, 0.25) is 5.28 Å². The highest BCUT2D eigenvalue weighted by atomic mass is 35.5. The molecule has 1 aromatic carbocycles. The average molecular weight is 388 g/mol. The Labute approximate surface area is 165 Å². The van der Waals surface area contributed by atoms with Crippen LogP contribution >= 0.6 is 11.6 Å². The van der Waals surface area contributed by atoms with E-state index in [4.69, 9.17) is 11.6 Å². The van der Waals surface area contributed by atoms with E-state index in [-0.39, 0.29) is 5.28 Å². The maximum Gasteiger partial charge on any atom is 0.226 e. The first-order chi connectivity index (χ1) is 13.7. The van der Waals surface area contributed by atoms with Gasteiger partial charge >= 0.3 is 0 Å². The fourth-order valence-corrected chi connectivity index (χ4v) is 3.26. The van der Waals surface area contributed by atoms with Crippen LogP contribution in [-0.2, 0) is 0 Å². The molecule has 8 heteroatoms. The Balaban J connectivity index is 1.65. The Bertz CT molecular complexity index is 1290. The van der Waals surface area contributed by atoms with Crippen molar-refractivity contribution in [1.82, 2.24) is 34.3 Å². The van der Waals surface area contributed by atoms with Gasteiger partial charge in [-0.05, 0) is 42.8 Å². The fraction of sp³-hybridized carbons (Fsp3) is 0.0500. The maximum absolute atomic E-state index is 6.21. The van der Waals surface area contributed by atoms with Gasteiger partial charge in [-0.2, -0.15) is 15.1 Å². The highest BCUT2D eigenvalue weighted by Crippen LogP contribution is 2.24. The van der Waals surface area contributed by atoms with Gasteiger partial charge < -0.3 is 0 Å². The minimum absolute atomic E-state index is 0.126. The Morgan fingerprint density at radius 1 is 1.04 bits per heavy atom. The van der Waals surface area contributed by atoms with Crippen molar-refractivity contribution in [2.75, 3.05) is 0 Å². The molecule has 0 aliphatic carbocycles. The molecule has 0 saturated heterocycles. The zero-order valence-electron chi connectivity index (χ0n) is 14.9. The first-order valence-corrected chi connectivity index (χ1v) is 9.01. The van der Waals surface area contributed by atoms with Crippen LogP contribution in [0.4, 0.5) is 0 Å². The third-order valence-corrected chi connectivity index (χ3v) is 4.56. The van der Waals surface area contributed by atoms with E-state index in [1.807, 2.05) is 41.1 Å². The van der Waals surface area contributed by atoms with E-state index in [1.54, 1.807) is 23.4 Å². The van der Waals surface area contributed by atoms with E-state index in [0.717, 1.165) is 16.9 Å². The van der Waals surface area contributed by atoms with Gasteiger partial charge in [-0.1, -0.05) is 23.8 Å². The van der Waals surface area contributed by atoms with Gasteiger partial charge in [-0.15, -0.1) is 0 Å². The lowest BCUT2D eigenvalue weighted by atomic mass is 10.1. The van der Waals surface area contributed by atoms with Crippen LogP contribution < -0.4 is 0 Å². The zero-order chi connectivity index (χ0) is 19.1. The van der Waals surface area contributed by atoms with E-state index in [1.165, 1.54) is 5.56 Å². The molecule has 0 atom stereocenters. The molecule has 0 amide bonds. The molecule has 0 radical (unpaired) electrons. The monoisotopic (exact) mass is 387 g/mol. The molecule has 0 N–H and O–H groups in total. The number of fused-ring (bicyclic) bond motifs is 1. The third kappa shape index (κ3) is 2.82. The van der Waals surface area contributed by atoms with Gasteiger partial charge in [0.25, 0.3) is 0 Å². The summed E-state index contributed by atoms with van der Waals surface area (Å²) in [5, 5.41) is 4.80. The second-order valence-electron chi connectivity index (χ2n) is 6.33. The van der Waals surface area contributed by atoms with Crippen molar-refractivity contribution in [2.45, 2.75) is 6.92 Å². The molecule has 28 heavy (non-hydrogen) atoms. The van der Waals surface area contributed by atoms with Gasteiger partial charge in [-0.3, -0.25) is 9.55 Å². The normalized spacial score (nSPS) is 11.2. The van der Waals surface area contributed by atoms with Crippen LogP contribution in [-0.4, -0.2) is 34.3 Å². The van der Waals surface area contributed by atoms with Gasteiger partial charge in [0.1, 0.15) is 6.33 Å². The topological polar surface area (TPSA) is 74.3 Å². The lowest BCUT2D eigenvalue weighted by Gasteiger charge is -2.05. The number of nitrogens with zero attached hydrogens (tertiary/aromatic N) is 7.